The molecule has 29 heavy (non-hydrogen) atoms. The summed E-state index contributed by atoms with van der Waals surface area (Å²) < 4.78 is 15.4. The predicted molar refractivity (Wildman–Crippen MR) is 112 cm³/mol. The Morgan fingerprint density at radius 1 is 1.00 bits per heavy atom. The second-order valence-corrected chi connectivity index (χ2v) is 7.41. The van der Waals surface area contributed by atoms with Crippen LogP contribution in [0.3, 0.4) is 0 Å². The van der Waals surface area contributed by atoms with Gasteiger partial charge in [0, 0.05) is 30.5 Å². The van der Waals surface area contributed by atoms with Gasteiger partial charge in [-0.05, 0) is 68.5 Å². The van der Waals surface area contributed by atoms with Crippen LogP contribution in [0.5, 0.6) is 0 Å². The van der Waals surface area contributed by atoms with Gasteiger partial charge in [-0.3, -0.25) is 9.55 Å². The fourth-order valence-corrected chi connectivity index (χ4v) is 3.83. The first kappa shape index (κ1) is 17.8. The van der Waals surface area contributed by atoms with E-state index in [-0.39, 0.29) is 5.82 Å². The normalized spacial score (nSPS) is 17.1. The molecule has 1 aliphatic heterocycles. The molecule has 0 unspecified atom stereocenters. The first-order valence-corrected chi connectivity index (χ1v) is 9.68. The van der Waals surface area contributed by atoms with Crippen LogP contribution in [-0.4, -0.2) is 50.6 Å². The minimum atomic E-state index is -0.272. The zero-order valence-electron chi connectivity index (χ0n) is 16.1. The van der Waals surface area contributed by atoms with Gasteiger partial charge in [0.1, 0.15) is 23.0 Å². The second-order valence-electron chi connectivity index (χ2n) is 7.41. The predicted octanol–water partition coefficient (Wildman–Crippen LogP) is 3.74. The van der Waals surface area contributed by atoms with Crippen LogP contribution in [0.1, 0.15) is 6.42 Å². The standard InChI is InChI=1S/C22H21FN6/c1-28-13-10-17(14-28)25-20-7-6-19-22(27-20)29(18-8-11-24-12-9-18)21(26-19)15-2-4-16(23)5-3-15/h2-9,11-12,17H,10,13-14H2,1H3,(H,25,27)/t17-/m0/s1. The van der Waals surface area contributed by atoms with Gasteiger partial charge in [0.05, 0.1) is 5.69 Å². The number of benzene rings is 1. The molecule has 0 aliphatic carbocycles. The molecule has 7 heteroatoms. The molecule has 146 valence electrons. The summed E-state index contributed by atoms with van der Waals surface area (Å²) in [6.45, 7) is 2.09. The third-order valence-corrected chi connectivity index (χ3v) is 5.27. The van der Waals surface area contributed by atoms with Crippen LogP contribution in [0.25, 0.3) is 28.2 Å². The first-order chi connectivity index (χ1) is 14.2. The lowest BCUT2D eigenvalue weighted by atomic mass is 10.2. The number of aromatic nitrogens is 4. The van der Waals surface area contributed by atoms with Crippen molar-refractivity contribution in [3.05, 3.63) is 66.7 Å². The maximum absolute atomic E-state index is 13.4. The van der Waals surface area contributed by atoms with Gasteiger partial charge < -0.3 is 10.2 Å². The van der Waals surface area contributed by atoms with E-state index in [0.29, 0.717) is 6.04 Å². The van der Waals surface area contributed by atoms with Gasteiger partial charge >= 0.3 is 0 Å². The van der Waals surface area contributed by atoms with Crippen molar-refractivity contribution in [1.82, 2.24) is 24.4 Å². The molecule has 0 spiro atoms. The first-order valence-electron chi connectivity index (χ1n) is 9.68. The zero-order chi connectivity index (χ0) is 19.8. The molecular weight excluding hydrogens is 367 g/mol. The highest BCUT2D eigenvalue weighted by molar-refractivity contribution is 5.81. The SMILES string of the molecule is CN1CC[C@H](Nc2ccc3nc(-c4ccc(F)cc4)n(-c4ccncc4)c3n2)C1. The van der Waals surface area contributed by atoms with Crippen molar-refractivity contribution in [1.29, 1.82) is 0 Å². The Bertz CT molecular complexity index is 1140. The molecule has 3 aromatic heterocycles. The Morgan fingerprint density at radius 3 is 2.52 bits per heavy atom. The Balaban J connectivity index is 1.63. The molecule has 4 heterocycles. The molecule has 4 aromatic rings. The van der Waals surface area contributed by atoms with Gasteiger partial charge in [-0.15, -0.1) is 0 Å². The molecule has 1 atom stereocenters. The number of imidazole rings is 1. The quantitative estimate of drug-likeness (QED) is 0.577. The fraction of sp³-hybridized carbons (Fsp3) is 0.227. The van der Waals surface area contributed by atoms with Crippen molar-refractivity contribution in [3.63, 3.8) is 0 Å². The van der Waals surface area contributed by atoms with Crippen LogP contribution in [0.15, 0.2) is 60.9 Å². The number of pyridine rings is 2. The molecule has 0 saturated carbocycles. The smallest absolute Gasteiger partial charge is 0.167 e. The minimum absolute atomic E-state index is 0.272. The summed E-state index contributed by atoms with van der Waals surface area (Å²) >= 11 is 0. The van der Waals surface area contributed by atoms with E-state index in [1.807, 2.05) is 28.8 Å². The maximum atomic E-state index is 13.4. The second kappa shape index (κ2) is 7.25. The van der Waals surface area contributed by atoms with Crippen LogP contribution >= 0.6 is 0 Å². The van der Waals surface area contributed by atoms with Gasteiger partial charge in [-0.25, -0.2) is 14.4 Å². The van der Waals surface area contributed by atoms with Crippen LogP contribution in [0.4, 0.5) is 10.2 Å². The number of fused-ring (bicyclic) bond motifs is 1. The topological polar surface area (TPSA) is 58.9 Å². The van der Waals surface area contributed by atoms with Crippen molar-refractivity contribution in [2.24, 2.45) is 0 Å². The lowest BCUT2D eigenvalue weighted by molar-refractivity contribution is 0.414. The molecular formula is C22H21FN6. The fourth-order valence-electron chi connectivity index (χ4n) is 3.83. The van der Waals surface area contributed by atoms with E-state index < -0.39 is 0 Å². The summed E-state index contributed by atoms with van der Waals surface area (Å²) in [5.74, 6) is 1.28. The maximum Gasteiger partial charge on any atom is 0.167 e. The summed E-state index contributed by atoms with van der Waals surface area (Å²) in [5.41, 5.74) is 3.28. The highest BCUT2D eigenvalue weighted by Crippen LogP contribution is 2.29. The zero-order valence-corrected chi connectivity index (χ0v) is 16.1. The van der Waals surface area contributed by atoms with Gasteiger partial charge in [0.25, 0.3) is 0 Å². The van der Waals surface area contributed by atoms with Crippen molar-refractivity contribution in [2.45, 2.75) is 12.5 Å². The molecule has 1 fully saturated rings. The number of halogens is 1. The van der Waals surface area contributed by atoms with Gasteiger partial charge in [0.15, 0.2) is 5.65 Å². The van der Waals surface area contributed by atoms with E-state index in [9.17, 15) is 4.39 Å². The summed E-state index contributed by atoms with van der Waals surface area (Å²) in [4.78, 5) is 16.1. The van der Waals surface area contributed by atoms with E-state index in [1.54, 1.807) is 24.5 Å². The highest BCUT2D eigenvalue weighted by atomic mass is 19.1. The van der Waals surface area contributed by atoms with E-state index in [2.05, 4.69) is 22.2 Å². The molecule has 6 nitrogen and oxygen atoms in total. The Labute approximate surface area is 168 Å². The summed E-state index contributed by atoms with van der Waals surface area (Å²) in [6, 6.07) is 14.5. The van der Waals surface area contributed by atoms with E-state index in [1.165, 1.54) is 12.1 Å². The molecule has 1 aliphatic rings. The largest absolute Gasteiger partial charge is 0.366 e. The summed E-state index contributed by atoms with van der Waals surface area (Å²) in [6.07, 6.45) is 4.58. The van der Waals surface area contributed by atoms with Gasteiger partial charge in [0.2, 0.25) is 0 Å². The van der Waals surface area contributed by atoms with E-state index in [4.69, 9.17) is 9.97 Å². The highest BCUT2D eigenvalue weighted by Gasteiger charge is 2.21. The summed E-state index contributed by atoms with van der Waals surface area (Å²) in [5, 5.41) is 3.54. The van der Waals surface area contributed by atoms with Gasteiger partial charge in [-0.1, -0.05) is 0 Å². The molecule has 1 N–H and O–H groups in total. The minimum Gasteiger partial charge on any atom is -0.366 e. The Kier molecular flexibility index (Phi) is 4.44. The molecule has 0 bridgehead atoms. The average molecular weight is 388 g/mol. The molecule has 0 radical (unpaired) electrons. The van der Waals surface area contributed by atoms with Crippen LogP contribution in [-0.2, 0) is 0 Å². The van der Waals surface area contributed by atoms with E-state index in [0.717, 1.165) is 53.6 Å². The van der Waals surface area contributed by atoms with Crippen LogP contribution in [0, 0.1) is 5.82 Å². The van der Waals surface area contributed by atoms with Crippen LogP contribution < -0.4 is 5.32 Å². The number of hydrogen-bond donors (Lipinski definition) is 1. The average Bonchev–Trinajstić information content (AvgIpc) is 3.32. The lowest BCUT2D eigenvalue weighted by Gasteiger charge is -2.14. The number of nitrogens with zero attached hydrogens (tertiary/aromatic N) is 5. The third kappa shape index (κ3) is 3.45. The molecule has 0 amide bonds. The lowest BCUT2D eigenvalue weighted by Crippen LogP contribution is -2.23. The third-order valence-electron chi connectivity index (χ3n) is 5.27. The van der Waals surface area contributed by atoms with Crippen molar-refractivity contribution >= 4 is 17.0 Å². The number of hydrogen-bond acceptors (Lipinski definition) is 5. The van der Waals surface area contributed by atoms with Crippen molar-refractivity contribution in [2.75, 3.05) is 25.5 Å². The number of rotatable bonds is 4. The number of likely N-dealkylation sites (N-methyl/N-ethyl adjacent to an activating group) is 1. The molecule has 5 rings (SSSR count). The number of likely N-dealkylation sites (tertiary alicyclic amines) is 1. The monoisotopic (exact) mass is 388 g/mol. The molecule has 1 saturated heterocycles. The van der Waals surface area contributed by atoms with Crippen LogP contribution in [0.2, 0.25) is 0 Å². The van der Waals surface area contributed by atoms with Crippen molar-refractivity contribution < 1.29 is 4.39 Å². The number of nitrogens with one attached hydrogen (secondary N) is 1. The molecule has 1 aromatic carbocycles. The van der Waals surface area contributed by atoms with E-state index >= 15 is 0 Å². The van der Waals surface area contributed by atoms with Gasteiger partial charge in [-0.2, -0.15) is 0 Å². The Hall–Kier alpha value is -3.32. The number of anilines is 1. The summed E-state index contributed by atoms with van der Waals surface area (Å²) in [7, 11) is 2.13. The van der Waals surface area contributed by atoms with Crippen molar-refractivity contribution in [3.8, 4) is 17.1 Å². The Morgan fingerprint density at radius 2 is 1.79 bits per heavy atom.